The minimum absolute atomic E-state index is 0.0119. The number of hydrogen-bond donors (Lipinski definition) is 1. The Kier molecular flexibility index (Phi) is 4.14. The summed E-state index contributed by atoms with van der Waals surface area (Å²) in [5, 5.41) is 3.23. The number of hydrogen-bond acceptors (Lipinski definition) is 3. The number of nitrogens with one attached hydrogen (secondary N) is 1. The van der Waals surface area contributed by atoms with E-state index in [0.29, 0.717) is 15.1 Å². The van der Waals surface area contributed by atoms with Crippen molar-refractivity contribution in [1.29, 1.82) is 0 Å². The summed E-state index contributed by atoms with van der Waals surface area (Å²) in [5.41, 5.74) is 1.99. The lowest BCUT2D eigenvalue weighted by Gasteiger charge is -2.44. The lowest BCUT2D eigenvalue weighted by molar-refractivity contribution is 0.0622. The summed E-state index contributed by atoms with van der Waals surface area (Å²) in [6, 6.07) is 12.2. The van der Waals surface area contributed by atoms with Gasteiger partial charge >= 0.3 is 0 Å². The summed E-state index contributed by atoms with van der Waals surface area (Å²) >= 11 is 7.73. The van der Waals surface area contributed by atoms with Gasteiger partial charge in [0, 0.05) is 18.2 Å². The van der Waals surface area contributed by atoms with Crippen LogP contribution in [-0.4, -0.2) is 36.5 Å². The highest BCUT2D eigenvalue weighted by Crippen LogP contribution is 2.36. The zero-order valence-electron chi connectivity index (χ0n) is 12.8. The number of carbonyl (C=O) groups excluding carboxylic acids is 1. The summed E-state index contributed by atoms with van der Waals surface area (Å²) in [6.45, 7) is 3.35. The zero-order chi connectivity index (χ0) is 15.8. The van der Waals surface area contributed by atoms with Gasteiger partial charge in [0.2, 0.25) is 0 Å². The zero-order valence-corrected chi connectivity index (χ0v) is 14.4. The van der Waals surface area contributed by atoms with Gasteiger partial charge in [-0.3, -0.25) is 4.79 Å². The number of amides is 1. The molecule has 120 valence electrons. The Hall–Kier alpha value is -1.36. The van der Waals surface area contributed by atoms with E-state index in [4.69, 9.17) is 11.6 Å². The van der Waals surface area contributed by atoms with Gasteiger partial charge in [-0.15, -0.1) is 11.3 Å². The molecule has 5 heteroatoms. The van der Waals surface area contributed by atoms with Crippen molar-refractivity contribution in [3.63, 3.8) is 0 Å². The predicted molar refractivity (Wildman–Crippen MR) is 95.2 cm³/mol. The third kappa shape index (κ3) is 3.03. The number of carbonyl (C=O) groups is 1. The second-order valence-electron chi connectivity index (χ2n) is 6.38. The Morgan fingerprint density at radius 1 is 1.22 bits per heavy atom. The van der Waals surface area contributed by atoms with E-state index in [1.165, 1.54) is 37.3 Å². The standard InChI is InChI=1S/C18H19ClN2OS/c19-17-14(12-4-2-1-3-5-12)10-16(23-17)18(22)20-15-11-21-8-6-13(15)7-9-21/h1-5,10,13,15H,6-9,11H2,(H,20,22)/t15-/m0/s1. The molecular formula is C18H19ClN2OS. The average molecular weight is 347 g/mol. The van der Waals surface area contributed by atoms with E-state index in [1.54, 1.807) is 0 Å². The summed E-state index contributed by atoms with van der Waals surface area (Å²) in [4.78, 5) is 15.8. The quantitative estimate of drug-likeness (QED) is 0.914. The Morgan fingerprint density at radius 3 is 2.61 bits per heavy atom. The molecule has 2 aromatic rings. The third-order valence-corrected chi connectivity index (χ3v) is 6.33. The predicted octanol–water partition coefficient (Wildman–Crippen LogP) is 3.89. The van der Waals surface area contributed by atoms with Crippen LogP contribution in [0.2, 0.25) is 4.34 Å². The monoisotopic (exact) mass is 346 g/mol. The summed E-state index contributed by atoms with van der Waals surface area (Å²) in [7, 11) is 0. The highest BCUT2D eigenvalue weighted by atomic mass is 35.5. The molecule has 1 atom stereocenters. The molecule has 0 unspecified atom stereocenters. The van der Waals surface area contributed by atoms with Crippen molar-refractivity contribution in [2.45, 2.75) is 18.9 Å². The van der Waals surface area contributed by atoms with E-state index in [-0.39, 0.29) is 11.9 Å². The van der Waals surface area contributed by atoms with Crippen LogP contribution in [0.5, 0.6) is 0 Å². The Balaban J connectivity index is 1.51. The lowest BCUT2D eigenvalue weighted by atomic mass is 9.84. The van der Waals surface area contributed by atoms with E-state index < -0.39 is 0 Å². The maximum atomic E-state index is 12.6. The second-order valence-corrected chi connectivity index (χ2v) is 8.04. The molecule has 1 amide bonds. The first-order valence-electron chi connectivity index (χ1n) is 8.08. The Labute approximate surface area is 145 Å². The fraction of sp³-hybridized carbons (Fsp3) is 0.389. The molecular weight excluding hydrogens is 328 g/mol. The van der Waals surface area contributed by atoms with E-state index in [2.05, 4.69) is 10.2 Å². The molecule has 3 fully saturated rings. The SMILES string of the molecule is O=C(N[C@H]1CN2CCC1CC2)c1cc(-c2ccccc2)c(Cl)s1. The van der Waals surface area contributed by atoms with Crippen LogP contribution < -0.4 is 5.32 Å². The number of rotatable bonds is 3. The number of fused-ring (bicyclic) bond motifs is 3. The lowest BCUT2D eigenvalue weighted by Crippen LogP contribution is -2.57. The second kappa shape index (κ2) is 6.27. The molecule has 0 radical (unpaired) electrons. The van der Waals surface area contributed by atoms with E-state index in [1.807, 2.05) is 36.4 Å². The third-order valence-electron chi connectivity index (χ3n) is 4.97. The molecule has 23 heavy (non-hydrogen) atoms. The van der Waals surface area contributed by atoms with Crippen LogP contribution in [-0.2, 0) is 0 Å². The van der Waals surface area contributed by atoms with Crippen LogP contribution in [0.3, 0.4) is 0 Å². The molecule has 3 aliphatic heterocycles. The van der Waals surface area contributed by atoms with Crippen LogP contribution in [0.4, 0.5) is 0 Å². The van der Waals surface area contributed by atoms with E-state index in [9.17, 15) is 4.79 Å². The normalized spacial score (nSPS) is 26.2. The summed E-state index contributed by atoms with van der Waals surface area (Å²) < 4.78 is 0.676. The van der Waals surface area contributed by atoms with E-state index >= 15 is 0 Å². The average Bonchev–Trinajstić information content (AvgIpc) is 2.99. The molecule has 5 rings (SSSR count). The molecule has 0 spiro atoms. The molecule has 2 bridgehead atoms. The number of nitrogens with zero attached hydrogens (tertiary/aromatic N) is 1. The van der Waals surface area contributed by atoms with Gasteiger partial charge < -0.3 is 10.2 Å². The molecule has 3 aliphatic rings. The molecule has 0 aliphatic carbocycles. The van der Waals surface area contributed by atoms with Crippen molar-refractivity contribution in [2.24, 2.45) is 5.92 Å². The van der Waals surface area contributed by atoms with Crippen LogP contribution in [0.1, 0.15) is 22.5 Å². The van der Waals surface area contributed by atoms with Gasteiger partial charge in [0.15, 0.2) is 0 Å². The molecule has 4 heterocycles. The van der Waals surface area contributed by atoms with Gasteiger partial charge in [-0.25, -0.2) is 0 Å². The van der Waals surface area contributed by atoms with Crippen molar-refractivity contribution in [3.8, 4) is 11.1 Å². The van der Waals surface area contributed by atoms with Crippen molar-refractivity contribution < 1.29 is 4.79 Å². The van der Waals surface area contributed by atoms with Crippen LogP contribution >= 0.6 is 22.9 Å². The van der Waals surface area contributed by atoms with Crippen molar-refractivity contribution in [1.82, 2.24) is 10.2 Å². The molecule has 1 N–H and O–H groups in total. The molecule has 1 aromatic carbocycles. The Bertz CT molecular complexity index is 707. The summed E-state index contributed by atoms with van der Waals surface area (Å²) in [6.07, 6.45) is 2.40. The van der Waals surface area contributed by atoms with Crippen molar-refractivity contribution in [3.05, 3.63) is 45.6 Å². The number of halogens is 1. The van der Waals surface area contributed by atoms with Gasteiger partial charge in [0.1, 0.15) is 4.34 Å². The summed E-state index contributed by atoms with van der Waals surface area (Å²) in [5.74, 6) is 0.644. The molecule has 1 aromatic heterocycles. The van der Waals surface area contributed by atoms with Gasteiger partial charge in [0.25, 0.3) is 5.91 Å². The smallest absolute Gasteiger partial charge is 0.261 e. The first-order valence-corrected chi connectivity index (χ1v) is 9.28. The maximum Gasteiger partial charge on any atom is 0.261 e. The topological polar surface area (TPSA) is 32.3 Å². The van der Waals surface area contributed by atoms with Crippen LogP contribution in [0.15, 0.2) is 36.4 Å². The van der Waals surface area contributed by atoms with Gasteiger partial charge in [-0.2, -0.15) is 0 Å². The number of benzene rings is 1. The van der Waals surface area contributed by atoms with E-state index in [0.717, 1.165) is 17.7 Å². The highest BCUT2D eigenvalue weighted by Gasteiger charge is 2.35. The fourth-order valence-electron chi connectivity index (χ4n) is 3.66. The van der Waals surface area contributed by atoms with Crippen LogP contribution in [0.25, 0.3) is 11.1 Å². The fourth-order valence-corrected chi connectivity index (χ4v) is 4.88. The highest BCUT2D eigenvalue weighted by molar-refractivity contribution is 7.18. The van der Waals surface area contributed by atoms with Gasteiger partial charge in [-0.1, -0.05) is 41.9 Å². The van der Waals surface area contributed by atoms with Crippen molar-refractivity contribution >= 4 is 28.8 Å². The Morgan fingerprint density at radius 2 is 1.96 bits per heavy atom. The molecule has 3 nitrogen and oxygen atoms in total. The minimum atomic E-state index is 0.0119. The first-order chi connectivity index (χ1) is 11.2. The number of thiophene rings is 1. The van der Waals surface area contributed by atoms with Crippen molar-refractivity contribution in [2.75, 3.05) is 19.6 Å². The molecule has 0 saturated carbocycles. The van der Waals surface area contributed by atoms with Crippen LogP contribution in [0, 0.1) is 5.92 Å². The first kappa shape index (κ1) is 15.2. The number of piperidine rings is 3. The maximum absolute atomic E-state index is 12.6. The molecule has 3 saturated heterocycles. The van der Waals surface area contributed by atoms with Gasteiger partial charge in [-0.05, 0) is 43.5 Å². The van der Waals surface area contributed by atoms with Gasteiger partial charge in [0.05, 0.1) is 4.88 Å². The minimum Gasteiger partial charge on any atom is -0.347 e. The largest absolute Gasteiger partial charge is 0.347 e.